The predicted molar refractivity (Wildman–Crippen MR) is 72.1 cm³/mol. The Bertz CT molecular complexity index is 473. The molecule has 2 rings (SSSR count). The van der Waals surface area contributed by atoms with E-state index in [2.05, 4.69) is 12.2 Å². The summed E-state index contributed by atoms with van der Waals surface area (Å²) in [4.78, 5) is 23.9. The van der Waals surface area contributed by atoms with Gasteiger partial charge in [0.2, 0.25) is 0 Å². The second-order valence-electron chi connectivity index (χ2n) is 4.93. The molecule has 102 valence electrons. The number of hydrogen-bond donors (Lipinski definition) is 1. The number of carbonyl (C=O) groups excluding carboxylic acids is 1. The Morgan fingerprint density at radius 1 is 1.42 bits per heavy atom. The van der Waals surface area contributed by atoms with Crippen LogP contribution >= 0.6 is 0 Å². The van der Waals surface area contributed by atoms with E-state index in [1.54, 1.807) is 17.0 Å². The quantitative estimate of drug-likeness (QED) is 0.658. The van der Waals surface area contributed by atoms with Gasteiger partial charge >= 0.3 is 6.03 Å². The van der Waals surface area contributed by atoms with Crippen molar-refractivity contribution in [1.29, 1.82) is 0 Å². The van der Waals surface area contributed by atoms with Gasteiger partial charge in [-0.15, -0.1) is 0 Å². The highest BCUT2D eigenvalue weighted by molar-refractivity contribution is 5.89. The molecule has 0 aliphatic carbocycles. The average molecular weight is 263 g/mol. The molecule has 1 aliphatic heterocycles. The molecule has 6 nitrogen and oxygen atoms in total. The molecule has 1 heterocycles. The molecule has 1 N–H and O–H groups in total. The Kier molecular flexibility index (Phi) is 3.99. The molecule has 1 aliphatic rings. The number of piperidine rings is 1. The topological polar surface area (TPSA) is 75.5 Å². The third-order valence-electron chi connectivity index (χ3n) is 3.27. The number of carbonyl (C=O) groups is 1. The first-order chi connectivity index (χ1) is 9.06. The van der Waals surface area contributed by atoms with Crippen LogP contribution in [0.25, 0.3) is 0 Å². The SMILES string of the molecule is CC1CCCN(C(=O)Nc2ccc([N+](=O)[O-])cc2)C1. The lowest BCUT2D eigenvalue weighted by Crippen LogP contribution is -2.41. The fourth-order valence-electron chi connectivity index (χ4n) is 2.24. The molecule has 1 saturated heterocycles. The van der Waals surface area contributed by atoms with Gasteiger partial charge in [-0.2, -0.15) is 0 Å². The lowest BCUT2D eigenvalue weighted by molar-refractivity contribution is -0.384. The monoisotopic (exact) mass is 263 g/mol. The fourth-order valence-corrected chi connectivity index (χ4v) is 2.24. The molecule has 6 heteroatoms. The molecule has 1 unspecified atom stereocenters. The molecule has 1 atom stereocenters. The number of benzene rings is 1. The van der Waals surface area contributed by atoms with Crippen LogP contribution in [-0.4, -0.2) is 28.9 Å². The number of anilines is 1. The van der Waals surface area contributed by atoms with Gasteiger partial charge in [0.15, 0.2) is 0 Å². The largest absolute Gasteiger partial charge is 0.324 e. The maximum Gasteiger partial charge on any atom is 0.321 e. The van der Waals surface area contributed by atoms with E-state index in [1.807, 2.05) is 0 Å². The van der Waals surface area contributed by atoms with Gasteiger partial charge in [0.05, 0.1) is 4.92 Å². The van der Waals surface area contributed by atoms with E-state index in [-0.39, 0.29) is 11.7 Å². The number of nitrogens with one attached hydrogen (secondary N) is 1. The van der Waals surface area contributed by atoms with E-state index in [9.17, 15) is 14.9 Å². The van der Waals surface area contributed by atoms with Crippen LogP contribution < -0.4 is 5.32 Å². The highest BCUT2D eigenvalue weighted by Gasteiger charge is 2.20. The summed E-state index contributed by atoms with van der Waals surface area (Å²) in [6.07, 6.45) is 2.18. The van der Waals surface area contributed by atoms with Crippen molar-refractivity contribution in [3.8, 4) is 0 Å². The second kappa shape index (κ2) is 5.69. The van der Waals surface area contributed by atoms with Gasteiger partial charge in [0.1, 0.15) is 0 Å². The summed E-state index contributed by atoms with van der Waals surface area (Å²) >= 11 is 0. The lowest BCUT2D eigenvalue weighted by atomic mass is 10.0. The van der Waals surface area contributed by atoms with Gasteiger partial charge in [0, 0.05) is 30.9 Å². The second-order valence-corrected chi connectivity index (χ2v) is 4.93. The first-order valence-electron chi connectivity index (χ1n) is 6.36. The zero-order valence-electron chi connectivity index (χ0n) is 10.8. The van der Waals surface area contributed by atoms with Crippen LogP contribution in [0.2, 0.25) is 0 Å². The van der Waals surface area contributed by atoms with Crippen molar-refractivity contribution in [2.75, 3.05) is 18.4 Å². The summed E-state index contributed by atoms with van der Waals surface area (Å²) in [5.74, 6) is 0.524. The number of nitro groups is 1. The lowest BCUT2D eigenvalue weighted by Gasteiger charge is -2.30. The van der Waals surface area contributed by atoms with Crippen LogP contribution in [0.4, 0.5) is 16.2 Å². The van der Waals surface area contributed by atoms with Gasteiger partial charge in [-0.25, -0.2) is 4.79 Å². The van der Waals surface area contributed by atoms with Crippen molar-refractivity contribution in [1.82, 2.24) is 4.90 Å². The molecule has 0 radical (unpaired) electrons. The average Bonchev–Trinajstić information content (AvgIpc) is 2.39. The molecule has 2 amide bonds. The van der Waals surface area contributed by atoms with E-state index in [0.29, 0.717) is 11.6 Å². The van der Waals surface area contributed by atoms with Gasteiger partial charge in [-0.1, -0.05) is 6.92 Å². The molecule has 19 heavy (non-hydrogen) atoms. The van der Waals surface area contributed by atoms with Crippen molar-refractivity contribution >= 4 is 17.4 Å². The molecule has 1 aromatic carbocycles. The van der Waals surface area contributed by atoms with Crippen molar-refractivity contribution < 1.29 is 9.72 Å². The minimum absolute atomic E-state index is 0.0181. The smallest absolute Gasteiger partial charge is 0.321 e. The van der Waals surface area contributed by atoms with Crippen molar-refractivity contribution in [2.24, 2.45) is 5.92 Å². The van der Waals surface area contributed by atoms with Crippen LogP contribution in [-0.2, 0) is 0 Å². The number of nitrogens with zero attached hydrogens (tertiary/aromatic N) is 2. The molecule has 0 aromatic heterocycles. The molecular weight excluding hydrogens is 246 g/mol. The molecule has 0 saturated carbocycles. The van der Waals surface area contributed by atoms with Crippen molar-refractivity contribution in [3.05, 3.63) is 34.4 Å². The zero-order chi connectivity index (χ0) is 13.8. The van der Waals surface area contributed by atoms with E-state index in [1.165, 1.54) is 12.1 Å². The van der Waals surface area contributed by atoms with Gasteiger partial charge in [-0.3, -0.25) is 10.1 Å². The van der Waals surface area contributed by atoms with Crippen LogP contribution in [0.5, 0.6) is 0 Å². The fraction of sp³-hybridized carbons (Fsp3) is 0.462. The number of urea groups is 1. The Labute approximate surface area is 111 Å². The minimum Gasteiger partial charge on any atom is -0.324 e. The molecule has 1 fully saturated rings. The summed E-state index contributed by atoms with van der Waals surface area (Å²) in [7, 11) is 0. The molecular formula is C13H17N3O3. The van der Waals surface area contributed by atoms with Crippen LogP contribution in [0.1, 0.15) is 19.8 Å². The van der Waals surface area contributed by atoms with E-state index in [0.717, 1.165) is 25.9 Å². The number of rotatable bonds is 2. The van der Waals surface area contributed by atoms with Gasteiger partial charge in [-0.05, 0) is 30.9 Å². The highest BCUT2D eigenvalue weighted by atomic mass is 16.6. The number of hydrogen-bond acceptors (Lipinski definition) is 3. The van der Waals surface area contributed by atoms with Gasteiger partial charge < -0.3 is 10.2 Å². The summed E-state index contributed by atoms with van der Waals surface area (Å²) in [5.41, 5.74) is 0.596. The van der Waals surface area contributed by atoms with E-state index >= 15 is 0 Å². The molecule has 0 bridgehead atoms. The summed E-state index contributed by atoms with van der Waals surface area (Å²) in [5, 5.41) is 13.3. The van der Waals surface area contributed by atoms with E-state index < -0.39 is 4.92 Å². The highest BCUT2D eigenvalue weighted by Crippen LogP contribution is 2.18. The normalized spacial score (nSPS) is 19.0. The number of nitro benzene ring substituents is 1. The Morgan fingerprint density at radius 2 is 2.11 bits per heavy atom. The predicted octanol–water partition coefficient (Wildman–Crippen LogP) is 2.86. The Morgan fingerprint density at radius 3 is 2.68 bits per heavy atom. The first kappa shape index (κ1) is 13.3. The standard InChI is InChI=1S/C13H17N3O3/c1-10-3-2-8-15(9-10)13(17)14-11-4-6-12(7-5-11)16(18)19/h4-7,10H,2-3,8-9H2,1H3,(H,14,17). The summed E-state index contributed by atoms with van der Waals surface area (Å²) in [6.45, 7) is 3.66. The molecule has 1 aromatic rings. The van der Waals surface area contributed by atoms with Crippen LogP contribution in [0.3, 0.4) is 0 Å². The zero-order valence-corrected chi connectivity index (χ0v) is 10.8. The Balaban J connectivity index is 1.96. The molecule has 0 spiro atoms. The van der Waals surface area contributed by atoms with Crippen molar-refractivity contribution in [3.63, 3.8) is 0 Å². The third kappa shape index (κ3) is 3.43. The summed E-state index contributed by atoms with van der Waals surface area (Å²) < 4.78 is 0. The third-order valence-corrected chi connectivity index (χ3v) is 3.27. The first-order valence-corrected chi connectivity index (χ1v) is 6.36. The van der Waals surface area contributed by atoms with Crippen LogP contribution in [0, 0.1) is 16.0 Å². The maximum atomic E-state index is 12.0. The number of amides is 2. The number of non-ortho nitro benzene ring substituents is 1. The van der Waals surface area contributed by atoms with Gasteiger partial charge in [0.25, 0.3) is 5.69 Å². The van der Waals surface area contributed by atoms with E-state index in [4.69, 9.17) is 0 Å². The van der Waals surface area contributed by atoms with Crippen molar-refractivity contribution in [2.45, 2.75) is 19.8 Å². The number of likely N-dealkylation sites (tertiary alicyclic amines) is 1. The minimum atomic E-state index is -0.460. The Hall–Kier alpha value is -2.11. The summed E-state index contributed by atoms with van der Waals surface area (Å²) in [6, 6.07) is 5.72. The maximum absolute atomic E-state index is 12.0. The van der Waals surface area contributed by atoms with Crippen LogP contribution in [0.15, 0.2) is 24.3 Å².